The first kappa shape index (κ1) is 22.4. The van der Waals surface area contributed by atoms with E-state index in [1.165, 1.54) is 0 Å². The van der Waals surface area contributed by atoms with Gasteiger partial charge in [0.2, 0.25) is 5.91 Å². The van der Waals surface area contributed by atoms with Crippen molar-refractivity contribution in [3.8, 4) is 11.4 Å². The third-order valence-corrected chi connectivity index (χ3v) is 5.13. The van der Waals surface area contributed by atoms with Gasteiger partial charge in [0.15, 0.2) is 10.6 Å². The van der Waals surface area contributed by atoms with E-state index >= 15 is 0 Å². The minimum Gasteiger partial charge on any atom is -0.464 e. The molecule has 1 unspecified atom stereocenters. The number of rotatable bonds is 9. The van der Waals surface area contributed by atoms with Crippen LogP contribution in [0.5, 0.6) is 0 Å². The Morgan fingerprint density at radius 2 is 1.87 bits per heavy atom. The first-order chi connectivity index (χ1) is 15.0. The van der Waals surface area contributed by atoms with Crippen molar-refractivity contribution < 1.29 is 14.3 Å². The number of nitrogens with zero attached hydrogens (tertiary/aromatic N) is 2. The minimum absolute atomic E-state index is 0.150. The smallest absolute Gasteiger partial charge is 0.328 e. The fourth-order valence-corrected chi connectivity index (χ4v) is 3.44. The number of carbonyl (C=O) groups excluding carboxylic acids is 2. The van der Waals surface area contributed by atoms with Gasteiger partial charge in [0.1, 0.15) is 6.04 Å². The number of esters is 1. The molecule has 0 aliphatic rings. The molecule has 162 valence electrons. The summed E-state index contributed by atoms with van der Waals surface area (Å²) in [5, 5.41) is 9.90. The summed E-state index contributed by atoms with van der Waals surface area (Å²) in [6.45, 7) is 4.35. The molecule has 1 aromatic heterocycles. The van der Waals surface area contributed by atoms with Crippen LogP contribution in [0.4, 0.5) is 0 Å². The van der Waals surface area contributed by atoms with Gasteiger partial charge in [0.25, 0.3) is 0 Å². The van der Waals surface area contributed by atoms with Gasteiger partial charge in [-0.15, -0.1) is 0 Å². The lowest BCUT2D eigenvalue weighted by Crippen LogP contribution is -2.43. The molecule has 0 fully saturated rings. The number of aromatic nitrogens is 3. The van der Waals surface area contributed by atoms with Gasteiger partial charge in [0.05, 0.1) is 6.61 Å². The summed E-state index contributed by atoms with van der Waals surface area (Å²) in [5.41, 5.74) is 3.00. The van der Waals surface area contributed by atoms with E-state index in [1.54, 1.807) is 11.5 Å². The van der Waals surface area contributed by atoms with Gasteiger partial charge in [-0.25, -0.2) is 4.79 Å². The first-order valence-electron chi connectivity index (χ1n) is 10.2. The van der Waals surface area contributed by atoms with Gasteiger partial charge in [-0.1, -0.05) is 60.2 Å². The summed E-state index contributed by atoms with van der Waals surface area (Å²) in [7, 11) is 0. The monoisotopic (exact) mass is 438 g/mol. The van der Waals surface area contributed by atoms with Crippen molar-refractivity contribution in [2.45, 2.75) is 39.3 Å². The molecule has 0 saturated heterocycles. The number of H-pyrrole nitrogens is 1. The zero-order valence-corrected chi connectivity index (χ0v) is 18.4. The van der Waals surface area contributed by atoms with Gasteiger partial charge in [-0.05, 0) is 31.6 Å². The van der Waals surface area contributed by atoms with Crippen LogP contribution < -0.4 is 5.32 Å². The number of benzene rings is 2. The zero-order valence-electron chi connectivity index (χ0n) is 17.6. The number of hydrogen-bond donors (Lipinski definition) is 2. The average molecular weight is 439 g/mol. The van der Waals surface area contributed by atoms with Crippen LogP contribution in [-0.4, -0.2) is 39.3 Å². The molecular formula is C23H26N4O3S. The van der Waals surface area contributed by atoms with Crippen molar-refractivity contribution in [2.24, 2.45) is 0 Å². The van der Waals surface area contributed by atoms with Crippen molar-refractivity contribution in [1.29, 1.82) is 0 Å². The molecule has 0 radical (unpaired) electrons. The van der Waals surface area contributed by atoms with Crippen LogP contribution in [-0.2, 0) is 27.3 Å². The van der Waals surface area contributed by atoms with Crippen LogP contribution in [0.15, 0.2) is 54.6 Å². The second kappa shape index (κ2) is 10.7. The number of nitrogens with one attached hydrogen (secondary N) is 2. The maximum Gasteiger partial charge on any atom is 0.328 e. The number of aryl methyl sites for hydroxylation is 1. The molecule has 1 heterocycles. The van der Waals surface area contributed by atoms with E-state index in [9.17, 15) is 9.59 Å². The lowest BCUT2D eigenvalue weighted by Gasteiger charge is -2.17. The van der Waals surface area contributed by atoms with Crippen molar-refractivity contribution in [3.63, 3.8) is 0 Å². The van der Waals surface area contributed by atoms with Crippen LogP contribution in [0, 0.1) is 11.7 Å². The van der Waals surface area contributed by atoms with Crippen LogP contribution >= 0.6 is 12.2 Å². The lowest BCUT2D eigenvalue weighted by molar-refractivity contribution is -0.147. The van der Waals surface area contributed by atoms with Crippen LogP contribution in [0.3, 0.4) is 0 Å². The van der Waals surface area contributed by atoms with Crippen molar-refractivity contribution in [1.82, 2.24) is 20.1 Å². The van der Waals surface area contributed by atoms with Crippen molar-refractivity contribution in [2.75, 3.05) is 6.61 Å². The fraction of sp³-hybridized carbons (Fsp3) is 0.304. The standard InChI is InChI=1S/C23H26N4O3S/c1-3-30-22(29)19(15-17-7-5-4-6-8-17)24-20(28)13-14-27-21(25-26-23(27)31)18-11-9-16(2)10-12-18/h4-12,19H,3,13-15H2,1-2H3,(H,24,28)(H,26,31). The normalized spacial score (nSPS) is 11.7. The topological polar surface area (TPSA) is 89.0 Å². The SMILES string of the molecule is CCOC(=O)C(Cc1ccccc1)NC(=O)CCn1c(-c2ccc(C)cc2)n[nH]c1=S. The summed E-state index contributed by atoms with van der Waals surface area (Å²) in [6, 6.07) is 16.7. The highest BCUT2D eigenvalue weighted by atomic mass is 32.1. The van der Waals surface area contributed by atoms with Crippen LogP contribution in [0.1, 0.15) is 24.5 Å². The summed E-state index contributed by atoms with van der Waals surface area (Å²) in [5.74, 6) is -0.0315. The Morgan fingerprint density at radius 1 is 1.16 bits per heavy atom. The van der Waals surface area contributed by atoms with Crippen molar-refractivity contribution in [3.05, 3.63) is 70.5 Å². The molecule has 0 aliphatic carbocycles. The molecule has 0 aliphatic heterocycles. The van der Waals surface area contributed by atoms with E-state index in [2.05, 4.69) is 15.5 Å². The molecule has 2 N–H and O–H groups in total. The number of carbonyl (C=O) groups is 2. The maximum absolute atomic E-state index is 12.7. The molecule has 31 heavy (non-hydrogen) atoms. The summed E-state index contributed by atoms with van der Waals surface area (Å²) >= 11 is 5.34. The Hall–Kier alpha value is -3.26. The summed E-state index contributed by atoms with van der Waals surface area (Å²) < 4.78 is 7.37. The number of hydrogen-bond acceptors (Lipinski definition) is 5. The second-order valence-corrected chi connectivity index (χ2v) is 7.57. The largest absolute Gasteiger partial charge is 0.464 e. The van der Waals surface area contributed by atoms with E-state index in [4.69, 9.17) is 17.0 Å². The third-order valence-electron chi connectivity index (χ3n) is 4.82. The van der Waals surface area contributed by atoms with Crippen molar-refractivity contribution >= 4 is 24.1 Å². The molecule has 0 saturated carbocycles. The van der Waals surface area contributed by atoms with Crippen LogP contribution in [0.25, 0.3) is 11.4 Å². The van der Waals surface area contributed by atoms with Gasteiger partial charge in [-0.2, -0.15) is 5.10 Å². The highest BCUT2D eigenvalue weighted by Gasteiger charge is 2.22. The molecule has 3 rings (SSSR count). The Bertz CT molecular complexity index is 1070. The van der Waals surface area contributed by atoms with Gasteiger partial charge in [-0.3, -0.25) is 14.5 Å². The molecule has 3 aromatic rings. The lowest BCUT2D eigenvalue weighted by atomic mass is 10.1. The van der Waals surface area contributed by atoms with E-state index in [0.29, 0.717) is 23.6 Å². The molecule has 0 bridgehead atoms. The summed E-state index contributed by atoms with van der Waals surface area (Å²) in [4.78, 5) is 25.0. The molecule has 1 amide bonds. The summed E-state index contributed by atoms with van der Waals surface area (Å²) in [6.07, 6.45) is 0.516. The first-order valence-corrected chi connectivity index (χ1v) is 10.6. The van der Waals surface area contributed by atoms with Gasteiger partial charge < -0.3 is 10.1 Å². The quantitative estimate of drug-likeness (QED) is 0.394. The fourth-order valence-electron chi connectivity index (χ4n) is 3.21. The maximum atomic E-state index is 12.7. The molecule has 1 atom stereocenters. The predicted octanol–water partition coefficient (Wildman–Crippen LogP) is 3.60. The van der Waals surface area contributed by atoms with E-state index in [-0.39, 0.29) is 18.9 Å². The predicted molar refractivity (Wildman–Crippen MR) is 121 cm³/mol. The Balaban J connectivity index is 1.68. The number of ether oxygens (including phenoxy) is 1. The second-order valence-electron chi connectivity index (χ2n) is 7.18. The van der Waals surface area contributed by atoms with E-state index < -0.39 is 12.0 Å². The zero-order chi connectivity index (χ0) is 22.2. The highest BCUT2D eigenvalue weighted by molar-refractivity contribution is 7.71. The Kier molecular flexibility index (Phi) is 7.72. The molecule has 7 nitrogen and oxygen atoms in total. The highest BCUT2D eigenvalue weighted by Crippen LogP contribution is 2.18. The Morgan fingerprint density at radius 3 is 2.55 bits per heavy atom. The van der Waals surface area contributed by atoms with Crippen LogP contribution in [0.2, 0.25) is 0 Å². The molecule has 8 heteroatoms. The number of amides is 1. The minimum atomic E-state index is -0.747. The molecular weight excluding hydrogens is 412 g/mol. The van der Waals surface area contributed by atoms with E-state index in [1.807, 2.05) is 61.5 Å². The average Bonchev–Trinajstić information content (AvgIpc) is 3.13. The molecule has 0 spiro atoms. The van der Waals surface area contributed by atoms with Gasteiger partial charge >= 0.3 is 5.97 Å². The third kappa shape index (κ3) is 6.11. The number of aromatic amines is 1. The Labute approximate surface area is 186 Å². The molecule has 2 aromatic carbocycles. The van der Waals surface area contributed by atoms with Gasteiger partial charge in [0, 0.05) is 24.9 Å². The van der Waals surface area contributed by atoms with E-state index in [0.717, 1.165) is 16.7 Å².